The highest BCUT2D eigenvalue weighted by Crippen LogP contribution is 2.18. The maximum absolute atomic E-state index is 10.3. The molecule has 0 amide bonds. The second kappa shape index (κ2) is 6.90. The minimum atomic E-state index is -0.376. The van der Waals surface area contributed by atoms with Crippen molar-refractivity contribution < 1.29 is 5.11 Å². The summed E-state index contributed by atoms with van der Waals surface area (Å²) in [5.41, 5.74) is 4.82. The van der Waals surface area contributed by atoms with Crippen molar-refractivity contribution in [2.24, 2.45) is 0 Å². The van der Waals surface area contributed by atoms with Gasteiger partial charge in [0.1, 0.15) is 0 Å². The van der Waals surface area contributed by atoms with Crippen molar-refractivity contribution in [1.29, 1.82) is 0 Å². The molecule has 22 heavy (non-hydrogen) atoms. The van der Waals surface area contributed by atoms with Crippen molar-refractivity contribution in [3.63, 3.8) is 0 Å². The molecule has 2 heterocycles. The zero-order valence-electron chi connectivity index (χ0n) is 13.0. The van der Waals surface area contributed by atoms with E-state index in [0.717, 1.165) is 30.9 Å². The Hall–Kier alpha value is -1.91. The van der Waals surface area contributed by atoms with Gasteiger partial charge in [0.2, 0.25) is 0 Å². The summed E-state index contributed by atoms with van der Waals surface area (Å²) in [7, 11) is 0. The van der Waals surface area contributed by atoms with E-state index in [1.165, 1.54) is 11.1 Å². The third-order valence-corrected chi connectivity index (χ3v) is 4.12. The van der Waals surface area contributed by atoms with Crippen molar-refractivity contribution in [2.75, 3.05) is 25.0 Å². The number of aliphatic hydroxyl groups is 1. The number of aliphatic hydroxyl groups excluding tert-OH is 1. The Kier molecular flexibility index (Phi) is 4.71. The molecule has 0 spiro atoms. The molecule has 1 aliphatic heterocycles. The lowest BCUT2D eigenvalue weighted by molar-refractivity contribution is 0.114. The van der Waals surface area contributed by atoms with Crippen LogP contribution in [0.25, 0.3) is 0 Å². The predicted molar refractivity (Wildman–Crippen MR) is 88.9 cm³/mol. The monoisotopic (exact) mass is 297 g/mol. The molecular weight excluding hydrogens is 274 g/mol. The van der Waals surface area contributed by atoms with Crippen molar-refractivity contribution in [3.8, 4) is 0 Å². The second-order valence-corrected chi connectivity index (χ2v) is 5.97. The lowest BCUT2D eigenvalue weighted by Gasteiger charge is -2.30. The van der Waals surface area contributed by atoms with Crippen LogP contribution in [-0.2, 0) is 13.0 Å². The SMILES string of the molecule is Cc1cc(NCC(O)CN2CCc3ccccc3C2)ccn1. The zero-order chi connectivity index (χ0) is 15.4. The second-order valence-electron chi connectivity index (χ2n) is 5.97. The van der Waals surface area contributed by atoms with Gasteiger partial charge in [0, 0.05) is 43.8 Å². The van der Waals surface area contributed by atoms with Gasteiger partial charge in [0.15, 0.2) is 0 Å². The van der Waals surface area contributed by atoms with Crippen LogP contribution in [0.1, 0.15) is 16.8 Å². The molecule has 4 nitrogen and oxygen atoms in total. The highest BCUT2D eigenvalue weighted by molar-refractivity contribution is 5.43. The number of rotatable bonds is 5. The molecule has 0 aliphatic carbocycles. The molecule has 0 bridgehead atoms. The largest absolute Gasteiger partial charge is 0.390 e. The van der Waals surface area contributed by atoms with Gasteiger partial charge >= 0.3 is 0 Å². The minimum absolute atomic E-state index is 0.376. The summed E-state index contributed by atoms with van der Waals surface area (Å²) in [6.07, 6.45) is 2.48. The number of hydrogen-bond donors (Lipinski definition) is 2. The average molecular weight is 297 g/mol. The molecule has 0 saturated heterocycles. The number of nitrogens with one attached hydrogen (secondary N) is 1. The third-order valence-electron chi connectivity index (χ3n) is 4.12. The Morgan fingerprint density at radius 2 is 2.09 bits per heavy atom. The molecule has 1 aliphatic rings. The van der Waals surface area contributed by atoms with E-state index in [4.69, 9.17) is 0 Å². The molecule has 1 atom stereocenters. The summed E-state index contributed by atoms with van der Waals surface area (Å²) in [5.74, 6) is 0. The van der Waals surface area contributed by atoms with Gasteiger partial charge in [0.05, 0.1) is 6.10 Å². The number of pyridine rings is 1. The quantitative estimate of drug-likeness (QED) is 0.888. The van der Waals surface area contributed by atoms with Crippen LogP contribution in [0.15, 0.2) is 42.6 Å². The Morgan fingerprint density at radius 1 is 1.27 bits per heavy atom. The molecule has 2 N–H and O–H groups in total. The van der Waals surface area contributed by atoms with Crippen molar-refractivity contribution >= 4 is 5.69 Å². The molecule has 0 radical (unpaired) electrons. The van der Waals surface area contributed by atoms with Gasteiger partial charge in [-0.05, 0) is 36.6 Å². The Balaban J connectivity index is 1.49. The van der Waals surface area contributed by atoms with Crippen LogP contribution in [-0.4, -0.2) is 40.7 Å². The summed E-state index contributed by atoms with van der Waals surface area (Å²) in [6.45, 7) is 5.17. The summed E-state index contributed by atoms with van der Waals surface area (Å²) >= 11 is 0. The van der Waals surface area contributed by atoms with Crippen LogP contribution < -0.4 is 5.32 Å². The van der Waals surface area contributed by atoms with E-state index in [0.29, 0.717) is 13.1 Å². The maximum atomic E-state index is 10.3. The van der Waals surface area contributed by atoms with Gasteiger partial charge in [-0.15, -0.1) is 0 Å². The fraction of sp³-hybridized carbons (Fsp3) is 0.389. The molecule has 0 saturated carbocycles. The highest BCUT2D eigenvalue weighted by atomic mass is 16.3. The van der Waals surface area contributed by atoms with Gasteiger partial charge < -0.3 is 10.4 Å². The van der Waals surface area contributed by atoms with Crippen LogP contribution in [0.5, 0.6) is 0 Å². The van der Waals surface area contributed by atoms with E-state index in [1.54, 1.807) is 6.20 Å². The topological polar surface area (TPSA) is 48.4 Å². The molecule has 1 aromatic carbocycles. The summed E-state index contributed by atoms with van der Waals surface area (Å²) in [5, 5.41) is 13.5. The number of anilines is 1. The molecule has 116 valence electrons. The normalized spacial score (nSPS) is 16.1. The van der Waals surface area contributed by atoms with Crippen molar-refractivity contribution in [3.05, 3.63) is 59.4 Å². The number of aromatic nitrogens is 1. The molecule has 1 aromatic heterocycles. The van der Waals surface area contributed by atoms with E-state index >= 15 is 0 Å². The van der Waals surface area contributed by atoms with Crippen LogP contribution in [0.4, 0.5) is 5.69 Å². The smallest absolute Gasteiger partial charge is 0.0839 e. The number of hydrogen-bond acceptors (Lipinski definition) is 4. The van der Waals surface area contributed by atoms with E-state index in [9.17, 15) is 5.11 Å². The van der Waals surface area contributed by atoms with Gasteiger partial charge in [-0.2, -0.15) is 0 Å². The third kappa shape index (κ3) is 3.84. The summed E-state index contributed by atoms with van der Waals surface area (Å²) < 4.78 is 0. The number of fused-ring (bicyclic) bond motifs is 1. The first-order valence-electron chi connectivity index (χ1n) is 7.84. The standard InChI is InChI=1S/C18H23N3O/c1-14-10-17(6-8-19-14)20-11-18(22)13-21-9-7-15-4-2-3-5-16(15)12-21/h2-6,8,10,18,22H,7,9,11-13H2,1H3,(H,19,20). The fourth-order valence-electron chi connectivity index (χ4n) is 2.96. The van der Waals surface area contributed by atoms with E-state index in [1.807, 2.05) is 19.1 Å². The molecule has 0 fully saturated rings. The first-order valence-corrected chi connectivity index (χ1v) is 7.84. The summed E-state index contributed by atoms with van der Waals surface area (Å²) in [6, 6.07) is 12.5. The molecule has 1 unspecified atom stereocenters. The molecule has 3 rings (SSSR count). The number of benzene rings is 1. The van der Waals surface area contributed by atoms with Gasteiger partial charge in [-0.25, -0.2) is 0 Å². The number of aryl methyl sites for hydroxylation is 1. The lowest BCUT2D eigenvalue weighted by atomic mass is 10.00. The van der Waals surface area contributed by atoms with Gasteiger partial charge in [-0.3, -0.25) is 9.88 Å². The van der Waals surface area contributed by atoms with Crippen LogP contribution in [0.2, 0.25) is 0 Å². The van der Waals surface area contributed by atoms with Gasteiger partial charge in [0.25, 0.3) is 0 Å². The Bertz CT molecular complexity index is 629. The maximum Gasteiger partial charge on any atom is 0.0839 e. The van der Waals surface area contributed by atoms with Crippen LogP contribution >= 0.6 is 0 Å². The number of β-amino-alcohol motifs (C(OH)–C–C–N with tert-alkyl or cyclic N) is 1. The van der Waals surface area contributed by atoms with E-state index in [-0.39, 0.29) is 6.10 Å². The van der Waals surface area contributed by atoms with Crippen molar-refractivity contribution in [1.82, 2.24) is 9.88 Å². The highest BCUT2D eigenvalue weighted by Gasteiger charge is 2.18. The van der Waals surface area contributed by atoms with Crippen LogP contribution in [0.3, 0.4) is 0 Å². The minimum Gasteiger partial charge on any atom is -0.390 e. The zero-order valence-corrected chi connectivity index (χ0v) is 13.0. The molecular formula is C18H23N3O. The lowest BCUT2D eigenvalue weighted by Crippen LogP contribution is -2.39. The Morgan fingerprint density at radius 3 is 2.91 bits per heavy atom. The number of nitrogens with zero attached hydrogens (tertiary/aromatic N) is 2. The first kappa shape index (κ1) is 15.0. The van der Waals surface area contributed by atoms with Crippen LogP contribution in [0, 0.1) is 6.92 Å². The Labute approximate surface area is 131 Å². The predicted octanol–water partition coefficient (Wildman–Crippen LogP) is 2.22. The first-order chi connectivity index (χ1) is 10.7. The van der Waals surface area contributed by atoms with Gasteiger partial charge in [-0.1, -0.05) is 24.3 Å². The molecule has 2 aromatic rings. The molecule has 4 heteroatoms. The summed E-state index contributed by atoms with van der Waals surface area (Å²) in [4.78, 5) is 6.50. The fourth-order valence-corrected chi connectivity index (χ4v) is 2.96. The van der Waals surface area contributed by atoms with E-state index < -0.39 is 0 Å². The average Bonchev–Trinajstić information content (AvgIpc) is 2.53. The van der Waals surface area contributed by atoms with E-state index in [2.05, 4.69) is 39.5 Å². The van der Waals surface area contributed by atoms with Crippen molar-refractivity contribution in [2.45, 2.75) is 26.0 Å².